The number of hydrogen-bond donors (Lipinski definition) is 2. The molecule has 40 heavy (non-hydrogen) atoms. The first-order chi connectivity index (χ1) is 19.1. The maximum atomic E-state index is 13.3. The fourth-order valence-corrected chi connectivity index (χ4v) is 4.73. The number of alkyl halides is 3. The number of nitrogens with one attached hydrogen (secondary N) is 2. The van der Waals surface area contributed by atoms with Crippen LogP contribution >= 0.6 is 11.6 Å². The summed E-state index contributed by atoms with van der Waals surface area (Å²) in [6, 6.07) is 0.824. The second-order valence-electron chi connectivity index (χ2n) is 9.17. The molecule has 1 aliphatic rings. The number of halogens is 4. The molecule has 0 saturated carbocycles. The van der Waals surface area contributed by atoms with E-state index in [1.807, 2.05) is 0 Å². The van der Waals surface area contributed by atoms with Gasteiger partial charge in [-0.05, 0) is 12.5 Å². The van der Waals surface area contributed by atoms with Crippen molar-refractivity contribution in [2.45, 2.75) is 18.6 Å². The Bertz CT molecular complexity index is 1810. The largest absolute Gasteiger partial charge is 0.450 e. The van der Waals surface area contributed by atoms with Crippen LogP contribution in [0.3, 0.4) is 0 Å². The number of anilines is 3. The van der Waals surface area contributed by atoms with Crippen LogP contribution in [0, 0.1) is 0 Å². The van der Waals surface area contributed by atoms with E-state index in [0.29, 0.717) is 35.8 Å². The smallest absolute Gasteiger partial charge is 0.417 e. The van der Waals surface area contributed by atoms with Gasteiger partial charge in [-0.15, -0.1) is 0 Å². The number of rotatable bonds is 6. The third-order valence-corrected chi connectivity index (χ3v) is 6.82. The third-order valence-electron chi connectivity index (χ3n) is 6.45. The highest BCUT2D eigenvalue weighted by molar-refractivity contribution is 6.36. The first-order valence-electron chi connectivity index (χ1n) is 12.0. The molecule has 0 bridgehead atoms. The average molecular weight is 576 g/mol. The lowest BCUT2D eigenvalue weighted by atomic mass is 10.2. The number of fused-ring (bicyclic) bond motifs is 2. The Labute approximate surface area is 228 Å². The molecule has 0 aromatic carbocycles. The fraction of sp³-hybridized carbons (Fsp3) is 0.292. The lowest BCUT2D eigenvalue weighted by Gasteiger charge is -2.13. The molecular formula is C24H21ClF3N9O3. The van der Waals surface area contributed by atoms with Crippen LogP contribution in [-0.4, -0.2) is 53.0 Å². The molecule has 0 radical (unpaired) electrons. The van der Waals surface area contributed by atoms with E-state index in [1.165, 1.54) is 24.0 Å². The van der Waals surface area contributed by atoms with Gasteiger partial charge in [0.05, 0.1) is 30.6 Å². The topological polar surface area (TPSA) is 125 Å². The van der Waals surface area contributed by atoms with E-state index in [9.17, 15) is 18.0 Å². The van der Waals surface area contributed by atoms with Crippen LogP contribution in [0.25, 0.3) is 16.7 Å². The maximum absolute atomic E-state index is 13.3. The number of pyridine rings is 2. The monoisotopic (exact) mass is 575 g/mol. The molecule has 16 heteroatoms. The summed E-state index contributed by atoms with van der Waals surface area (Å²) >= 11 is 6.71. The average Bonchev–Trinajstić information content (AvgIpc) is 3.64. The highest BCUT2D eigenvalue weighted by Crippen LogP contribution is 2.38. The normalized spacial score (nSPS) is 15.7. The summed E-state index contributed by atoms with van der Waals surface area (Å²) in [5.74, 6) is 1.17. The van der Waals surface area contributed by atoms with Crippen molar-refractivity contribution in [3.8, 4) is 11.5 Å². The molecule has 1 saturated heterocycles. The van der Waals surface area contributed by atoms with E-state index in [4.69, 9.17) is 21.1 Å². The molecule has 2 N–H and O–H groups in total. The summed E-state index contributed by atoms with van der Waals surface area (Å²) in [5, 5.41) is 10.5. The maximum Gasteiger partial charge on any atom is 0.417 e. The molecule has 5 aromatic heterocycles. The van der Waals surface area contributed by atoms with Gasteiger partial charge in [-0.25, -0.2) is 14.5 Å². The predicted molar refractivity (Wildman–Crippen MR) is 139 cm³/mol. The third kappa shape index (κ3) is 4.56. The molecule has 6 rings (SSSR count). The Balaban J connectivity index is 1.35. The van der Waals surface area contributed by atoms with Gasteiger partial charge in [-0.2, -0.15) is 23.3 Å². The van der Waals surface area contributed by atoms with Gasteiger partial charge in [0.25, 0.3) is 5.56 Å². The molecule has 12 nitrogen and oxygen atoms in total. The van der Waals surface area contributed by atoms with Gasteiger partial charge in [0.2, 0.25) is 5.95 Å². The number of aryl methyl sites for hydroxylation is 2. The number of imidazole rings is 1. The number of hydrogen-bond acceptors (Lipinski definition) is 9. The van der Waals surface area contributed by atoms with Gasteiger partial charge in [0.1, 0.15) is 16.2 Å². The van der Waals surface area contributed by atoms with Crippen molar-refractivity contribution in [2.75, 3.05) is 23.8 Å². The molecule has 1 aliphatic heterocycles. The summed E-state index contributed by atoms with van der Waals surface area (Å²) in [5.41, 5.74) is -0.857. The Kier molecular flexibility index (Phi) is 6.26. The van der Waals surface area contributed by atoms with Crippen molar-refractivity contribution in [2.24, 2.45) is 14.1 Å². The van der Waals surface area contributed by atoms with Crippen molar-refractivity contribution in [1.29, 1.82) is 0 Å². The van der Waals surface area contributed by atoms with Gasteiger partial charge < -0.3 is 29.2 Å². The Morgan fingerprint density at radius 2 is 2.00 bits per heavy atom. The van der Waals surface area contributed by atoms with E-state index in [1.54, 1.807) is 24.0 Å². The van der Waals surface area contributed by atoms with E-state index in [0.717, 1.165) is 23.3 Å². The molecule has 0 spiro atoms. The predicted octanol–water partition coefficient (Wildman–Crippen LogP) is 4.12. The van der Waals surface area contributed by atoms with Gasteiger partial charge in [0, 0.05) is 39.3 Å². The summed E-state index contributed by atoms with van der Waals surface area (Å²) in [7, 11) is 2.82. The molecular weight excluding hydrogens is 555 g/mol. The first-order valence-corrected chi connectivity index (χ1v) is 12.4. The van der Waals surface area contributed by atoms with Crippen LogP contribution in [0.1, 0.15) is 12.0 Å². The summed E-state index contributed by atoms with van der Waals surface area (Å²) in [6.45, 7) is 1.22. The molecule has 1 atom stereocenters. The van der Waals surface area contributed by atoms with Gasteiger partial charge in [-0.1, -0.05) is 11.6 Å². The van der Waals surface area contributed by atoms with Crippen molar-refractivity contribution in [3.63, 3.8) is 0 Å². The molecule has 5 aromatic rings. The zero-order chi connectivity index (χ0) is 28.2. The minimum atomic E-state index is -4.64. The van der Waals surface area contributed by atoms with Crippen LogP contribution < -0.4 is 20.9 Å². The highest BCUT2D eigenvalue weighted by atomic mass is 35.5. The highest BCUT2D eigenvalue weighted by Gasteiger charge is 2.32. The van der Waals surface area contributed by atoms with Crippen molar-refractivity contribution >= 4 is 45.7 Å². The van der Waals surface area contributed by atoms with Gasteiger partial charge in [-0.3, -0.25) is 4.79 Å². The minimum absolute atomic E-state index is 0.0587. The van der Waals surface area contributed by atoms with Gasteiger partial charge >= 0.3 is 6.18 Å². The Hall–Kier alpha value is -4.37. The van der Waals surface area contributed by atoms with E-state index < -0.39 is 17.3 Å². The second-order valence-corrected chi connectivity index (χ2v) is 9.55. The Morgan fingerprint density at radius 3 is 2.75 bits per heavy atom. The zero-order valence-electron chi connectivity index (χ0n) is 21.0. The number of nitrogens with zero attached hydrogens (tertiary/aromatic N) is 7. The van der Waals surface area contributed by atoms with Crippen LogP contribution in [0.15, 0.2) is 41.8 Å². The quantitative estimate of drug-likeness (QED) is 0.307. The summed E-state index contributed by atoms with van der Waals surface area (Å²) in [6.07, 6.45) is 3.12. The van der Waals surface area contributed by atoms with E-state index in [2.05, 4.69) is 30.7 Å². The number of ether oxygens (including phenoxy) is 2. The lowest BCUT2D eigenvalue weighted by Crippen LogP contribution is -2.23. The Morgan fingerprint density at radius 1 is 1.18 bits per heavy atom. The van der Waals surface area contributed by atoms with Crippen molar-refractivity contribution < 1.29 is 22.6 Å². The number of aromatic nitrogens is 7. The lowest BCUT2D eigenvalue weighted by molar-refractivity contribution is -0.138. The molecule has 208 valence electrons. The van der Waals surface area contributed by atoms with Gasteiger partial charge in [0.15, 0.2) is 28.5 Å². The van der Waals surface area contributed by atoms with Crippen LogP contribution in [0.4, 0.5) is 30.6 Å². The zero-order valence-corrected chi connectivity index (χ0v) is 21.8. The summed E-state index contributed by atoms with van der Waals surface area (Å²) in [4.78, 5) is 25.6. The van der Waals surface area contributed by atoms with Crippen LogP contribution in [-0.2, 0) is 25.0 Å². The molecule has 1 fully saturated rings. The van der Waals surface area contributed by atoms with Crippen molar-refractivity contribution in [1.82, 2.24) is 33.7 Å². The molecule has 6 heterocycles. The van der Waals surface area contributed by atoms with E-state index >= 15 is 0 Å². The SMILES string of the molecule is Cn1cc(C(F)(F)F)cc(Nc2nc3ncc(Oc4cnn5ccnc(N[C@H]6CCOC6)c45)c(Cl)c3n2C)c1=O. The van der Waals surface area contributed by atoms with E-state index in [-0.39, 0.29) is 34.1 Å². The fourth-order valence-electron chi connectivity index (χ4n) is 4.43. The summed E-state index contributed by atoms with van der Waals surface area (Å²) < 4.78 is 55.4. The molecule has 0 aliphatic carbocycles. The molecule has 0 amide bonds. The first kappa shape index (κ1) is 25.9. The minimum Gasteiger partial charge on any atom is -0.450 e. The standard InChI is InChI=1S/C24H21ClF3N9O3/c1-35-10-12(24(26,27)28)7-14(22(35)38)33-23-34-21-19(36(23)2)17(25)15(8-30-21)40-16-9-31-37-5-4-29-20(18(16)37)32-13-3-6-39-11-13/h4-5,7-10,13H,3,6,11H2,1-2H3,(H,29,32)(H,30,33,34)/t13-/m0/s1. The van der Waals surface area contributed by atoms with Crippen LogP contribution in [0.5, 0.6) is 11.5 Å². The van der Waals surface area contributed by atoms with Crippen molar-refractivity contribution in [3.05, 3.63) is 58.0 Å². The molecule has 0 unspecified atom stereocenters. The second kappa shape index (κ2) is 9.67. The van der Waals surface area contributed by atoms with Crippen LogP contribution in [0.2, 0.25) is 5.02 Å².